The van der Waals surface area contributed by atoms with Crippen LogP contribution in [0.3, 0.4) is 0 Å². The summed E-state index contributed by atoms with van der Waals surface area (Å²) in [6.07, 6.45) is 1.87. The molecule has 2 amide bonds. The summed E-state index contributed by atoms with van der Waals surface area (Å²) in [5, 5.41) is 23.8. The third kappa shape index (κ3) is 5.57. The van der Waals surface area contributed by atoms with E-state index in [0.29, 0.717) is 61.5 Å². The second-order valence-corrected chi connectivity index (χ2v) is 9.31. The Morgan fingerprint density at radius 3 is 2.84 bits per heavy atom. The summed E-state index contributed by atoms with van der Waals surface area (Å²) in [5.74, 6) is -2.53. The highest BCUT2D eigenvalue weighted by Crippen LogP contribution is 2.61. The zero-order valence-electron chi connectivity index (χ0n) is 20.4. The minimum atomic E-state index is -0.902. The lowest BCUT2D eigenvalue weighted by molar-refractivity contribution is -0.137. The van der Waals surface area contributed by atoms with Gasteiger partial charge in [0.05, 0.1) is 30.4 Å². The number of amides is 2. The van der Waals surface area contributed by atoms with Gasteiger partial charge >= 0.3 is 5.97 Å². The third-order valence-corrected chi connectivity index (χ3v) is 6.97. The highest BCUT2D eigenvalue weighted by Gasteiger charge is 2.61. The van der Waals surface area contributed by atoms with E-state index in [-0.39, 0.29) is 24.4 Å². The van der Waals surface area contributed by atoms with E-state index in [1.165, 1.54) is 19.2 Å². The van der Waals surface area contributed by atoms with Crippen molar-refractivity contribution in [1.29, 1.82) is 5.26 Å². The van der Waals surface area contributed by atoms with Crippen LogP contribution in [0, 0.1) is 23.1 Å². The quantitative estimate of drug-likeness (QED) is 0.418. The smallest absolute Gasteiger partial charge is 0.303 e. The van der Waals surface area contributed by atoms with Crippen molar-refractivity contribution in [2.75, 3.05) is 32.2 Å². The fourth-order valence-corrected chi connectivity index (χ4v) is 4.93. The molecule has 2 atom stereocenters. The van der Waals surface area contributed by atoms with Crippen molar-refractivity contribution in [3.05, 3.63) is 58.4 Å². The summed E-state index contributed by atoms with van der Waals surface area (Å²) in [6.45, 7) is 0.841. The number of hydrogen-bond acceptors (Lipinski definition) is 6. The van der Waals surface area contributed by atoms with Gasteiger partial charge in [-0.15, -0.1) is 0 Å². The number of fused-ring (bicyclic) bond motifs is 2. The molecule has 0 aromatic heterocycles. The van der Waals surface area contributed by atoms with Gasteiger partial charge < -0.3 is 25.2 Å². The number of carboxylic acid groups (broad SMARTS) is 1. The zero-order valence-corrected chi connectivity index (χ0v) is 20.4. The van der Waals surface area contributed by atoms with E-state index in [2.05, 4.69) is 16.7 Å². The lowest BCUT2D eigenvalue weighted by atomic mass is 9.86. The first-order chi connectivity index (χ1) is 17.8. The summed E-state index contributed by atoms with van der Waals surface area (Å²) >= 11 is 0. The number of benzene rings is 2. The number of aliphatic carboxylic acids is 1. The number of hydrogen-bond donors (Lipinski definition) is 3. The van der Waals surface area contributed by atoms with Gasteiger partial charge in [0.1, 0.15) is 11.6 Å². The highest BCUT2D eigenvalue weighted by atomic mass is 19.1. The molecule has 10 heteroatoms. The molecule has 3 N–H and O–H groups in total. The second kappa shape index (κ2) is 11.0. The van der Waals surface area contributed by atoms with Gasteiger partial charge in [-0.2, -0.15) is 5.26 Å². The minimum Gasteiger partial charge on any atom is -0.493 e. The largest absolute Gasteiger partial charge is 0.493 e. The fraction of sp³-hybridized carbons (Fsp3) is 0.407. The maximum atomic E-state index is 14.7. The molecular formula is C27H28FN3O6. The number of rotatable bonds is 10. The first-order valence-corrected chi connectivity index (χ1v) is 12.1. The Balaban J connectivity index is 1.55. The normalized spacial score (nSPS) is 19.3. The Labute approximate surface area is 213 Å². The van der Waals surface area contributed by atoms with Crippen molar-refractivity contribution in [1.82, 2.24) is 5.32 Å². The monoisotopic (exact) mass is 509 g/mol. The van der Waals surface area contributed by atoms with Crippen LogP contribution >= 0.6 is 0 Å². The van der Waals surface area contributed by atoms with Crippen molar-refractivity contribution in [3.63, 3.8) is 0 Å². The Bertz CT molecular complexity index is 1270. The number of carbonyl (C=O) groups excluding carboxylic acids is 2. The SMILES string of the molecule is COCCNC(=O)c1cc2c(cc1F)OCC[C@]21CC1C(=O)Nc1cc(C#N)ccc1CCCC(=O)O. The number of anilines is 1. The molecule has 2 aliphatic rings. The van der Waals surface area contributed by atoms with Gasteiger partial charge in [0.2, 0.25) is 5.91 Å². The highest BCUT2D eigenvalue weighted by molar-refractivity contribution is 5.98. The van der Waals surface area contributed by atoms with Crippen molar-refractivity contribution >= 4 is 23.5 Å². The maximum Gasteiger partial charge on any atom is 0.303 e. The minimum absolute atomic E-state index is 0.00610. The average Bonchev–Trinajstić information content (AvgIpc) is 3.59. The molecule has 4 rings (SSSR count). The molecule has 2 aromatic carbocycles. The second-order valence-electron chi connectivity index (χ2n) is 9.31. The van der Waals surface area contributed by atoms with Gasteiger partial charge in [-0.25, -0.2) is 4.39 Å². The first kappa shape index (κ1) is 26.1. The van der Waals surface area contributed by atoms with Crippen LogP contribution in [0.2, 0.25) is 0 Å². The van der Waals surface area contributed by atoms with E-state index in [4.69, 9.17) is 14.6 Å². The Hall–Kier alpha value is -3.97. The molecule has 37 heavy (non-hydrogen) atoms. The van der Waals surface area contributed by atoms with Crippen LogP contribution in [0.1, 0.15) is 52.7 Å². The van der Waals surface area contributed by atoms with E-state index in [9.17, 15) is 24.0 Å². The van der Waals surface area contributed by atoms with Crippen molar-refractivity contribution < 1.29 is 33.4 Å². The first-order valence-electron chi connectivity index (χ1n) is 12.1. The Morgan fingerprint density at radius 2 is 2.11 bits per heavy atom. The van der Waals surface area contributed by atoms with Crippen LogP contribution in [-0.2, 0) is 26.2 Å². The lowest BCUT2D eigenvalue weighted by Crippen LogP contribution is -2.30. The summed E-state index contributed by atoms with van der Waals surface area (Å²) in [4.78, 5) is 36.8. The lowest BCUT2D eigenvalue weighted by Gasteiger charge is -2.27. The number of nitriles is 1. The van der Waals surface area contributed by atoms with Gasteiger partial charge in [-0.05, 0) is 49.4 Å². The summed E-state index contributed by atoms with van der Waals surface area (Å²) in [5.41, 5.74) is 1.52. The summed E-state index contributed by atoms with van der Waals surface area (Å²) in [7, 11) is 1.50. The molecule has 9 nitrogen and oxygen atoms in total. The number of methoxy groups -OCH3 is 1. The number of halogens is 1. The fourth-order valence-electron chi connectivity index (χ4n) is 4.93. The molecule has 0 saturated heterocycles. The number of ether oxygens (including phenoxy) is 2. The molecular weight excluding hydrogens is 481 g/mol. The molecule has 194 valence electrons. The maximum absolute atomic E-state index is 14.7. The molecule has 0 radical (unpaired) electrons. The van der Waals surface area contributed by atoms with Gasteiger partial charge in [0, 0.05) is 48.7 Å². The number of carbonyl (C=O) groups is 3. The zero-order chi connectivity index (χ0) is 26.6. The Kier molecular flexibility index (Phi) is 7.74. The van der Waals surface area contributed by atoms with E-state index < -0.39 is 29.0 Å². The standard InChI is InChI=1S/C27H28FN3O6/c1-36-10-8-30-25(34)18-12-19-23(13-21(18)28)37-9-7-27(19)14-20(27)26(35)31-22-11-16(15-29)5-6-17(22)3-2-4-24(32)33/h5-6,11-13,20H,2-4,7-10,14H2,1H3,(H,30,34)(H,31,35)(H,32,33)/t20?,27-/m0/s1. The van der Waals surface area contributed by atoms with Crippen molar-refractivity contribution in [3.8, 4) is 11.8 Å². The Morgan fingerprint density at radius 1 is 1.30 bits per heavy atom. The number of nitrogens with zero attached hydrogens (tertiary/aromatic N) is 1. The predicted octanol–water partition coefficient (Wildman–Crippen LogP) is 3.16. The van der Waals surface area contributed by atoms with Crippen LogP contribution in [0.5, 0.6) is 5.75 Å². The van der Waals surface area contributed by atoms with Gasteiger partial charge in [0.25, 0.3) is 5.91 Å². The van der Waals surface area contributed by atoms with Crippen molar-refractivity contribution in [2.45, 2.75) is 37.5 Å². The van der Waals surface area contributed by atoms with Gasteiger partial charge in [-0.1, -0.05) is 6.07 Å². The van der Waals surface area contributed by atoms with Gasteiger partial charge in [-0.3, -0.25) is 14.4 Å². The molecule has 1 heterocycles. The van der Waals surface area contributed by atoms with E-state index in [0.717, 1.165) is 5.56 Å². The van der Waals surface area contributed by atoms with Crippen LogP contribution in [-0.4, -0.2) is 49.8 Å². The summed E-state index contributed by atoms with van der Waals surface area (Å²) < 4.78 is 25.3. The number of nitrogens with one attached hydrogen (secondary N) is 2. The molecule has 0 bridgehead atoms. The van der Waals surface area contributed by atoms with E-state index in [1.54, 1.807) is 18.2 Å². The molecule has 1 unspecified atom stereocenters. The number of aryl methyl sites for hydroxylation is 1. The molecule has 1 aliphatic carbocycles. The topological polar surface area (TPSA) is 138 Å². The van der Waals surface area contributed by atoms with Crippen LogP contribution in [0.4, 0.5) is 10.1 Å². The summed E-state index contributed by atoms with van der Waals surface area (Å²) in [6, 6.07) is 9.67. The molecule has 1 spiro atoms. The van der Waals surface area contributed by atoms with Crippen LogP contribution in [0.25, 0.3) is 0 Å². The third-order valence-electron chi connectivity index (χ3n) is 6.97. The van der Waals surface area contributed by atoms with E-state index in [1.807, 2.05) is 0 Å². The van der Waals surface area contributed by atoms with Gasteiger partial charge in [0.15, 0.2) is 0 Å². The van der Waals surface area contributed by atoms with E-state index >= 15 is 0 Å². The molecule has 1 fully saturated rings. The van der Waals surface area contributed by atoms with Crippen molar-refractivity contribution in [2.24, 2.45) is 5.92 Å². The molecule has 2 aromatic rings. The predicted molar refractivity (Wildman–Crippen MR) is 131 cm³/mol. The molecule has 1 aliphatic heterocycles. The van der Waals surface area contributed by atoms with Crippen LogP contribution in [0.15, 0.2) is 30.3 Å². The van der Waals surface area contributed by atoms with Crippen LogP contribution < -0.4 is 15.4 Å². The average molecular weight is 510 g/mol. The number of carboxylic acids is 1. The molecule has 1 saturated carbocycles.